The molecule has 1 aromatic rings. The fraction of sp³-hybridized carbons (Fsp3) is 0.364. The van der Waals surface area contributed by atoms with E-state index in [1.807, 2.05) is 32.0 Å². The lowest BCUT2D eigenvalue weighted by atomic mass is 10.0. The summed E-state index contributed by atoms with van der Waals surface area (Å²) in [6.45, 7) is 4.42. The number of hydrogen-bond acceptors (Lipinski definition) is 3. The normalized spacial score (nSPS) is 12.2. The minimum Gasteiger partial charge on any atom is -0.494 e. The molecule has 0 N–H and O–H groups in total. The van der Waals surface area contributed by atoms with Gasteiger partial charge in [0.05, 0.1) is 6.61 Å². The third-order valence-electron chi connectivity index (χ3n) is 2.01. The van der Waals surface area contributed by atoms with Crippen LogP contribution >= 0.6 is 12.6 Å². The molecule has 0 aliphatic heterocycles. The zero-order chi connectivity index (χ0) is 10.6. The quantitative estimate of drug-likeness (QED) is 0.611. The largest absolute Gasteiger partial charge is 0.494 e. The van der Waals surface area contributed by atoms with Crippen LogP contribution in [0.2, 0.25) is 0 Å². The van der Waals surface area contributed by atoms with Crippen LogP contribution in [0.4, 0.5) is 0 Å². The second-order valence-corrected chi connectivity index (χ2v) is 3.56. The summed E-state index contributed by atoms with van der Waals surface area (Å²) in [5, 5.41) is 0. The van der Waals surface area contributed by atoms with Crippen molar-refractivity contribution in [3.05, 3.63) is 23.8 Å². The number of aldehydes is 1. The van der Waals surface area contributed by atoms with Crippen LogP contribution in [0.3, 0.4) is 0 Å². The van der Waals surface area contributed by atoms with Gasteiger partial charge in [0, 0.05) is 10.8 Å². The smallest absolute Gasteiger partial charge is 0.127 e. The molecule has 0 bridgehead atoms. The molecule has 0 heterocycles. The predicted molar refractivity (Wildman–Crippen MR) is 59.3 cm³/mol. The zero-order valence-electron chi connectivity index (χ0n) is 8.36. The third kappa shape index (κ3) is 2.51. The van der Waals surface area contributed by atoms with Crippen LogP contribution in [-0.4, -0.2) is 12.9 Å². The molecule has 14 heavy (non-hydrogen) atoms. The van der Waals surface area contributed by atoms with E-state index < -0.39 is 0 Å². The summed E-state index contributed by atoms with van der Waals surface area (Å²) in [5.74, 6) is 0.678. The first-order valence-electron chi connectivity index (χ1n) is 4.60. The molecule has 1 aromatic carbocycles. The Morgan fingerprint density at radius 3 is 2.79 bits per heavy atom. The van der Waals surface area contributed by atoms with E-state index in [-0.39, 0.29) is 5.92 Å². The lowest BCUT2D eigenvalue weighted by molar-refractivity contribution is -0.108. The Labute approximate surface area is 89.7 Å². The van der Waals surface area contributed by atoms with Gasteiger partial charge in [0.25, 0.3) is 0 Å². The average molecular weight is 210 g/mol. The van der Waals surface area contributed by atoms with Gasteiger partial charge >= 0.3 is 0 Å². The van der Waals surface area contributed by atoms with Crippen molar-refractivity contribution in [3.8, 4) is 5.75 Å². The maximum atomic E-state index is 10.6. The standard InChI is InChI=1S/C11H14O2S/c1-3-13-9-4-5-10(8(2)7-12)11(14)6-9/h4-8,14H,3H2,1-2H3. The van der Waals surface area contributed by atoms with E-state index >= 15 is 0 Å². The van der Waals surface area contributed by atoms with Gasteiger partial charge in [0.2, 0.25) is 0 Å². The van der Waals surface area contributed by atoms with E-state index in [0.29, 0.717) is 6.61 Å². The van der Waals surface area contributed by atoms with E-state index in [0.717, 1.165) is 22.5 Å². The highest BCUT2D eigenvalue weighted by Gasteiger charge is 2.08. The molecule has 0 fully saturated rings. The highest BCUT2D eigenvalue weighted by molar-refractivity contribution is 7.80. The first kappa shape index (κ1) is 11.1. The maximum Gasteiger partial charge on any atom is 0.127 e. The van der Waals surface area contributed by atoms with Crippen molar-refractivity contribution in [2.45, 2.75) is 24.7 Å². The van der Waals surface area contributed by atoms with E-state index in [4.69, 9.17) is 4.74 Å². The molecule has 1 atom stereocenters. The van der Waals surface area contributed by atoms with Gasteiger partial charge in [-0.3, -0.25) is 0 Å². The van der Waals surface area contributed by atoms with Crippen LogP contribution in [0.1, 0.15) is 25.3 Å². The Morgan fingerprint density at radius 2 is 2.29 bits per heavy atom. The first-order chi connectivity index (χ1) is 6.69. The van der Waals surface area contributed by atoms with Gasteiger partial charge in [-0.2, -0.15) is 0 Å². The number of rotatable bonds is 4. The molecule has 1 rings (SSSR count). The van der Waals surface area contributed by atoms with Crippen LogP contribution in [-0.2, 0) is 4.79 Å². The Bertz CT molecular complexity index is 323. The average Bonchev–Trinajstić information content (AvgIpc) is 2.17. The number of hydrogen-bond donors (Lipinski definition) is 1. The summed E-state index contributed by atoms with van der Waals surface area (Å²) in [7, 11) is 0. The van der Waals surface area contributed by atoms with Crippen molar-refractivity contribution in [2.75, 3.05) is 6.61 Å². The molecule has 3 heteroatoms. The van der Waals surface area contributed by atoms with Crippen molar-refractivity contribution in [3.63, 3.8) is 0 Å². The Balaban J connectivity index is 2.94. The highest BCUT2D eigenvalue weighted by Crippen LogP contribution is 2.26. The second-order valence-electron chi connectivity index (χ2n) is 3.08. The summed E-state index contributed by atoms with van der Waals surface area (Å²) in [5.41, 5.74) is 0.937. The molecule has 0 radical (unpaired) electrons. The fourth-order valence-corrected chi connectivity index (χ4v) is 1.64. The first-order valence-corrected chi connectivity index (χ1v) is 5.04. The van der Waals surface area contributed by atoms with Gasteiger partial charge < -0.3 is 9.53 Å². The Hall–Kier alpha value is -0.960. The summed E-state index contributed by atoms with van der Waals surface area (Å²) in [4.78, 5) is 11.4. The van der Waals surface area contributed by atoms with E-state index in [1.54, 1.807) is 0 Å². The monoisotopic (exact) mass is 210 g/mol. The highest BCUT2D eigenvalue weighted by atomic mass is 32.1. The molecule has 0 saturated heterocycles. The van der Waals surface area contributed by atoms with Gasteiger partial charge in [0.15, 0.2) is 0 Å². The van der Waals surface area contributed by atoms with E-state index in [9.17, 15) is 4.79 Å². The van der Waals surface area contributed by atoms with Crippen LogP contribution in [0, 0.1) is 0 Å². The van der Waals surface area contributed by atoms with Crippen molar-refractivity contribution >= 4 is 18.9 Å². The van der Waals surface area contributed by atoms with Gasteiger partial charge in [-0.05, 0) is 24.6 Å². The van der Waals surface area contributed by atoms with E-state index in [2.05, 4.69) is 12.6 Å². The van der Waals surface area contributed by atoms with Gasteiger partial charge in [0.1, 0.15) is 12.0 Å². The van der Waals surface area contributed by atoms with Crippen molar-refractivity contribution in [1.82, 2.24) is 0 Å². The molecule has 0 saturated carbocycles. The molecular formula is C11H14O2S. The van der Waals surface area contributed by atoms with Gasteiger partial charge in [-0.15, -0.1) is 12.6 Å². The molecule has 0 aromatic heterocycles. The van der Waals surface area contributed by atoms with Crippen molar-refractivity contribution < 1.29 is 9.53 Å². The fourth-order valence-electron chi connectivity index (χ4n) is 1.24. The summed E-state index contributed by atoms with van der Waals surface area (Å²) < 4.78 is 5.32. The van der Waals surface area contributed by atoms with Crippen LogP contribution in [0.25, 0.3) is 0 Å². The minimum atomic E-state index is -0.113. The van der Waals surface area contributed by atoms with Crippen LogP contribution < -0.4 is 4.74 Å². The summed E-state index contributed by atoms with van der Waals surface area (Å²) >= 11 is 4.31. The molecular weight excluding hydrogens is 196 g/mol. The number of carbonyl (C=O) groups excluding carboxylic acids is 1. The third-order valence-corrected chi connectivity index (χ3v) is 2.39. The molecule has 0 aliphatic rings. The van der Waals surface area contributed by atoms with Gasteiger partial charge in [-0.1, -0.05) is 13.0 Å². The molecule has 2 nitrogen and oxygen atoms in total. The summed E-state index contributed by atoms with van der Waals surface area (Å²) in [6, 6.07) is 5.58. The number of benzene rings is 1. The molecule has 1 unspecified atom stereocenters. The van der Waals surface area contributed by atoms with E-state index in [1.165, 1.54) is 0 Å². The molecule has 0 spiro atoms. The van der Waals surface area contributed by atoms with Crippen LogP contribution in [0.5, 0.6) is 5.75 Å². The molecule has 0 amide bonds. The zero-order valence-corrected chi connectivity index (χ0v) is 9.25. The lowest BCUT2D eigenvalue weighted by Gasteiger charge is -2.10. The molecule has 0 aliphatic carbocycles. The number of carbonyl (C=O) groups is 1. The number of ether oxygens (including phenoxy) is 1. The molecule has 76 valence electrons. The lowest BCUT2D eigenvalue weighted by Crippen LogP contribution is -1.97. The van der Waals surface area contributed by atoms with Crippen LogP contribution in [0.15, 0.2) is 23.1 Å². The Kier molecular flexibility index (Phi) is 4.01. The summed E-state index contributed by atoms with van der Waals surface area (Å²) in [6.07, 6.45) is 0.912. The Morgan fingerprint density at radius 1 is 1.57 bits per heavy atom. The predicted octanol–water partition coefficient (Wildman–Crippen LogP) is 2.68. The minimum absolute atomic E-state index is 0.113. The van der Waals surface area contributed by atoms with Crippen molar-refractivity contribution in [2.24, 2.45) is 0 Å². The SMILES string of the molecule is CCOc1ccc(C(C)C=O)c(S)c1. The number of thiol groups is 1. The van der Waals surface area contributed by atoms with Gasteiger partial charge in [-0.25, -0.2) is 0 Å². The second kappa shape index (κ2) is 5.05. The maximum absolute atomic E-state index is 10.6. The topological polar surface area (TPSA) is 26.3 Å². The van der Waals surface area contributed by atoms with Crippen molar-refractivity contribution in [1.29, 1.82) is 0 Å².